The summed E-state index contributed by atoms with van der Waals surface area (Å²) in [5.74, 6) is 1.34. The van der Waals surface area contributed by atoms with E-state index in [2.05, 4.69) is 15.0 Å². The first kappa shape index (κ1) is 16.5. The highest BCUT2D eigenvalue weighted by molar-refractivity contribution is 5.75. The maximum atomic E-state index is 11.2. The molecule has 1 aliphatic heterocycles. The molecule has 0 aromatic carbocycles. The number of carbonyl (C=O) groups is 1. The van der Waals surface area contributed by atoms with Gasteiger partial charge in [-0.15, -0.1) is 0 Å². The van der Waals surface area contributed by atoms with Crippen LogP contribution in [0.25, 0.3) is 11.4 Å². The van der Waals surface area contributed by atoms with Gasteiger partial charge in [0, 0.05) is 30.4 Å². The van der Waals surface area contributed by atoms with E-state index in [1.807, 2.05) is 12.1 Å². The third kappa shape index (κ3) is 3.77. The zero-order valence-electron chi connectivity index (χ0n) is 13.5. The van der Waals surface area contributed by atoms with Crippen molar-refractivity contribution < 1.29 is 9.90 Å². The second-order valence-corrected chi connectivity index (χ2v) is 6.02. The highest BCUT2D eigenvalue weighted by Crippen LogP contribution is 2.27. The van der Waals surface area contributed by atoms with Crippen molar-refractivity contribution in [2.75, 3.05) is 26.2 Å². The molecule has 0 saturated carbocycles. The van der Waals surface area contributed by atoms with Crippen molar-refractivity contribution >= 4 is 5.91 Å². The molecular weight excluding hydrogens is 308 g/mol. The quantitative estimate of drug-likeness (QED) is 0.771. The first-order valence-corrected chi connectivity index (χ1v) is 8.14. The summed E-state index contributed by atoms with van der Waals surface area (Å²) < 4.78 is 1.77. The number of aliphatic hydroxyl groups is 1. The molecular formula is C16H22N6O2. The Morgan fingerprint density at radius 2 is 2.17 bits per heavy atom. The van der Waals surface area contributed by atoms with Crippen LogP contribution in [-0.2, 0) is 11.3 Å². The van der Waals surface area contributed by atoms with E-state index in [0.717, 1.165) is 37.3 Å². The molecule has 0 unspecified atom stereocenters. The Morgan fingerprint density at radius 1 is 1.38 bits per heavy atom. The number of nitrogens with two attached hydrogens (primary N) is 1. The van der Waals surface area contributed by atoms with Crippen molar-refractivity contribution in [3.8, 4) is 11.4 Å². The Morgan fingerprint density at radius 3 is 2.88 bits per heavy atom. The van der Waals surface area contributed by atoms with Crippen LogP contribution in [0.1, 0.15) is 24.6 Å². The van der Waals surface area contributed by atoms with E-state index in [1.165, 1.54) is 0 Å². The van der Waals surface area contributed by atoms with E-state index in [4.69, 9.17) is 10.7 Å². The zero-order chi connectivity index (χ0) is 16.9. The zero-order valence-corrected chi connectivity index (χ0v) is 13.5. The van der Waals surface area contributed by atoms with Gasteiger partial charge in [0.15, 0.2) is 5.82 Å². The average molecular weight is 330 g/mol. The van der Waals surface area contributed by atoms with E-state index >= 15 is 0 Å². The number of aromatic nitrogens is 4. The van der Waals surface area contributed by atoms with Gasteiger partial charge in [-0.3, -0.25) is 14.7 Å². The van der Waals surface area contributed by atoms with Crippen LogP contribution < -0.4 is 5.73 Å². The minimum atomic E-state index is -0.315. The van der Waals surface area contributed by atoms with Crippen LogP contribution in [0.4, 0.5) is 0 Å². The molecule has 1 saturated heterocycles. The van der Waals surface area contributed by atoms with Gasteiger partial charge >= 0.3 is 0 Å². The number of hydrogen-bond donors (Lipinski definition) is 2. The molecule has 3 rings (SSSR count). The molecule has 8 nitrogen and oxygen atoms in total. The van der Waals surface area contributed by atoms with Crippen LogP contribution >= 0.6 is 0 Å². The number of carbonyl (C=O) groups excluding carboxylic acids is 1. The monoisotopic (exact) mass is 330 g/mol. The van der Waals surface area contributed by atoms with Crippen LogP contribution in [0.15, 0.2) is 24.5 Å². The molecule has 1 fully saturated rings. The van der Waals surface area contributed by atoms with E-state index < -0.39 is 0 Å². The van der Waals surface area contributed by atoms with E-state index in [-0.39, 0.29) is 25.0 Å². The molecule has 1 aliphatic rings. The molecule has 0 aliphatic carbocycles. The van der Waals surface area contributed by atoms with Crippen LogP contribution in [0.3, 0.4) is 0 Å². The Balaban J connectivity index is 1.85. The van der Waals surface area contributed by atoms with Gasteiger partial charge in [-0.25, -0.2) is 9.67 Å². The average Bonchev–Trinajstić information content (AvgIpc) is 3.00. The molecule has 2 aromatic heterocycles. The number of aliphatic hydroxyl groups excluding tert-OH is 1. The minimum Gasteiger partial charge on any atom is -0.394 e. The molecule has 128 valence electrons. The van der Waals surface area contributed by atoms with Gasteiger partial charge in [-0.05, 0) is 31.5 Å². The van der Waals surface area contributed by atoms with Gasteiger partial charge in [0.1, 0.15) is 5.82 Å². The molecule has 1 atom stereocenters. The molecule has 1 amide bonds. The van der Waals surface area contributed by atoms with Crippen molar-refractivity contribution in [2.24, 2.45) is 5.73 Å². The SMILES string of the molecule is NC(=O)CN1CCC[C@H](c2nc(-c3ccncc3)nn2CCO)C1. The molecule has 3 N–H and O–H groups in total. The topological polar surface area (TPSA) is 110 Å². The summed E-state index contributed by atoms with van der Waals surface area (Å²) in [6, 6.07) is 3.73. The van der Waals surface area contributed by atoms with Crippen molar-refractivity contribution in [3.63, 3.8) is 0 Å². The van der Waals surface area contributed by atoms with Gasteiger partial charge in [0.05, 0.1) is 19.7 Å². The van der Waals surface area contributed by atoms with Gasteiger partial charge in [-0.1, -0.05) is 0 Å². The van der Waals surface area contributed by atoms with Crippen LogP contribution in [0.5, 0.6) is 0 Å². The standard InChI is InChI=1S/C16H22N6O2/c17-14(24)11-21-7-1-2-13(10-21)16-19-15(20-22(16)8-9-23)12-3-5-18-6-4-12/h3-6,13,23H,1-2,7-11H2,(H2,17,24)/t13-/m0/s1. The summed E-state index contributed by atoms with van der Waals surface area (Å²) in [6.45, 7) is 2.26. The summed E-state index contributed by atoms with van der Waals surface area (Å²) in [5.41, 5.74) is 6.21. The van der Waals surface area contributed by atoms with Gasteiger partial charge in [0.2, 0.25) is 5.91 Å². The molecule has 24 heavy (non-hydrogen) atoms. The second-order valence-electron chi connectivity index (χ2n) is 6.02. The number of rotatable bonds is 6. The van der Waals surface area contributed by atoms with Crippen LogP contribution in [-0.4, -0.2) is 61.9 Å². The summed E-state index contributed by atoms with van der Waals surface area (Å²) in [7, 11) is 0. The predicted octanol–water partition coefficient (Wildman–Crippen LogP) is -0.00290. The molecule has 8 heteroatoms. The lowest BCUT2D eigenvalue weighted by atomic mass is 9.97. The van der Waals surface area contributed by atoms with Gasteiger partial charge in [0.25, 0.3) is 0 Å². The van der Waals surface area contributed by atoms with Crippen LogP contribution in [0.2, 0.25) is 0 Å². The Labute approximate surface area is 140 Å². The smallest absolute Gasteiger partial charge is 0.231 e. The number of hydrogen-bond acceptors (Lipinski definition) is 6. The Kier molecular flexibility index (Phi) is 5.17. The Hall–Kier alpha value is -2.32. The summed E-state index contributed by atoms with van der Waals surface area (Å²) in [4.78, 5) is 22.0. The summed E-state index contributed by atoms with van der Waals surface area (Å²) in [5, 5.41) is 13.9. The fourth-order valence-electron chi connectivity index (χ4n) is 3.17. The van der Waals surface area contributed by atoms with E-state index in [9.17, 15) is 9.90 Å². The summed E-state index contributed by atoms with van der Waals surface area (Å²) >= 11 is 0. The molecule has 0 radical (unpaired) electrons. The first-order chi connectivity index (χ1) is 11.7. The molecule has 3 heterocycles. The Bertz CT molecular complexity index is 687. The number of piperidine rings is 1. The molecule has 2 aromatic rings. The van der Waals surface area contributed by atoms with Gasteiger partial charge < -0.3 is 10.8 Å². The fourth-order valence-corrected chi connectivity index (χ4v) is 3.17. The highest BCUT2D eigenvalue weighted by atomic mass is 16.3. The number of nitrogens with zero attached hydrogens (tertiary/aromatic N) is 5. The predicted molar refractivity (Wildman–Crippen MR) is 87.9 cm³/mol. The lowest BCUT2D eigenvalue weighted by molar-refractivity contribution is -0.119. The molecule has 0 spiro atoms. The number of primary amides is 1. The van der Waals surface area contributed by atoms with Crippen molar-refractivity contribution in [1.82, 2.24) is 24.6 Å². The number of pyridine rings is 1. The van der Waals surface area contributed by atoms with Crippen molar-refractivity contribution in [2.45, 2.75) is 25.3 Å². The second kappa shape index (κ2) is 7.50. The number of amides is 1. The van der Waals surface area contributed by atoms with E-state index in [1.54, 1.807) is 17.1 Å². The number of likely N-dealkylation sites (tertiary alicyclic amines) is 1. The highest BCUT2D eigenvalue weighted by Gasteiger charge is 2.27. The van der Waals surface area contributed by atoms with Crippen molar-refractivity contribution in [1.29, 1.82) is 0 Å². The van der Waals surface area contributed by atoms with Gasteiger partial charge in [-0.2, -0.15) is 5.10 Å². The summed E-state index contributed by atoms with van der Waals surface area (Å²) in [6.07, 6.45) is 5.37. The lowest BCUT2D eigenvalue weighted by Gasteiger charge is -2.31. The third-order valence-corrected chi connectivity index (χ3v) is 4.20. The largest absolute Gasteiger partial charge is 0.394 e. The van der Waals surface area contributed by atoms with E-state index in [0.29, 0.717) is 12.4 Å². The maximum Gasteiger partial charge on any atom is 0.231 e. The fraction of sp³-hybridized carbons (Fsp3) is 0.500. The third-order valence-electron chi connectivity index (χ3n) is 4.20. The minimum absolute atomic E-state index is 0.00383. The van der Waals surface area contributed by atoms with Crippen molar-refractivity contribution in [3.05, 3.63) is 30.4 Å². The molecule has 0 bridgehead atoms. The maximum absolute atomic E-state index is 11.2. The first-order valence-electron chi connectivity index (χ1n) is 8.14. The lowest BCUT2D eigenvalue weighted by Crippen LogP contribution is -2.40. The normalized spacial score (nSPS) is 18.6. The van der Waals surface area contributed by atoms with Crippen LogP contribution in [0, 0.1) is 0 Å².